The average molecular weight is 721 g/mol. The Morgan fingerprint density at radius 1 is 0.980 bits per heavy atom. The van der Waals surface area contributed by atoms with E-state index in [-0.39, 0.29) is 37.5 Å². The number of nitrogen functional groups attached to an aromatic ring is 1. The number of esters is 1. The van der Waals surface area contributed by atoms with Crippen LogP contribution >= 0.6 is 0 Å². The van der Waals surface area contributed by atoms with E-state index in [2.05, 4.69) is 20.3 Å². The molecule has 2 aromatic heterocycles. The van der Waals surface area contributed by atoms with Gasteiger partial charge in [-0.3, -0.25) is 4.57 Å². The molecule has 0 aliphatic carbocycles. The van der Waals surface area contributed by atoms with Crippen LogP contribution in [0.1, 0.15) is 94.2 Å². The van der Waals surface area contributed by atoms with E-state index < -0.39 is 59.4 Å². The fourth-order valence-electron chi connectivity index (χ4n) is 6.13. The number of imidazole rings is 1. The van der Waals surface area contributed by atoms with Crippen molar-refractivity contribution in [2.45, 2.75) is 141 Å². The van der Waals surface area contributed by atoms with Crippen LogP contribution < -0.4 is 11.1 Å². The number of aliphatic hydroxyl groups excluding tert-OH is 2. The van der Waals surface area contributed by atoms with Crippen LogP contribution in [-0.4, -0.2) is 131 Å². The number of nitrogens with one attached hydrogen (secondary N) is 1. The summed E-state index contributed by atoms with van der Waals surface area (Å²) in [6, 6.07) is -1.15. The molecule has 0 spiro atoms. The van der Waals surface area contributed by atoms with Crippen molar-refractivity contribution in [3.8, 4) is 0 Å². The van der Waals surface area contributed by atoms with Crippen LogP contribution in [0.3, 0.4) is 0 Å². The number of aliphatic hydroxyl groups is 2. The largest absolute Gasteiger partial charge is 0.458 e. The van der Waals surface area contributed by atoms with Crippen molar-refractivity contribution in [2.75, 3.05) is 31.9 Å². The zero-order chi connectivity index (χ0) is 37.9. The van der Waals surface area contributed by atoms with Crippen LogP contribution in [0.4, 0.5) is 15.4 Å². The average Bonchev–Trinajstić information content (AvgIpc) is 3.70. The maximum atomic E-state index is 13.3. The number of hydrogen-bond acceptors (Lipinski definition) is 14. The summed E-state index contributed by atoms with van der Waals surface area (Å²) in [5.41, 5.74) is 4.40. The van der Waals surface area contributed by atoms with E-state index >= 15 is 0 Å². The van der Waals surface area contributed by atoms with Crippen molar-refractivity contribution in [3.63, 3.8) is 0 Å². The normalized spacial score (nSPS) is 23.5. The summed E-state index contributed by atoms with van der Waals surface area (Å²) in [6.45, 7) is 17.3. The van der Waals surface area contributed by atoms with Crippen molar-refractivity contribution in [1.82, 2.24) is 34.6 Å². The number of fused-ring (bicyclic) bond motifs is 1. The van der Waals surface area contributed by atoms with Gasteiger partial charge < -0.3 is 50.0 Å². The smallest absolute Gasteiger partial charge is 0.410 e. The molecule has 0 bridgehead atoms. The molecule has 2 aliphatic heterocycles. The zero-order valence-electron chi connectivity index (χ0n) is 31.3. The second-order valence-electron chi connectivity index (χ2n) is 16.2. The fourth-order valence-corrected chi connectivity index (χ4v) is 6.13. The molecule has 2 amide bonds. The van der Waals surface area contributed by atoms with E-state index in [1.165, 1.54) is 17.2 Å². The van der Waals surface area contributed by atoms with Gasteiger partial charge >= 0.3 is 18.2 Å². The minimum atomic E-state index is -1.33. The molecule has 6 atom stereocenters. The van der Waals surface area contributed by atoms with Crippen LogP contribution in [-0.2, 0) is 23.7 Å². The predicted octanol–water partition coefficient (Wildman–Crippen LogP) is 2.74. The van der Waals surface area contributed by atoms with Crippen molar-refractivity contribution in [1.29, 1.82) is 0 Å². The Hall–Kier alpha value is -3.80. The Labute approximate surface area is 299 Å². The minimum Gasteiger partial charge on any atom is -0.458 e. The number of aromatic nitrogens is 4. The van der Waals surface area contributed by atoms with Gasteiger partial charge in [0.05, 0.1) is 6.33 Å². The highest BCUT2D eigenvalue weighted by Crippen LogP contribution is 2.33. The predicted molar refractivity (Wildman–Crippen MR) is 186 cm³/mol. The first kappa shape index (κ1) is 40.0. The standard InChI is InChI=1S/C34H56N8O9/c1-32(2,3)49-29(45)21(39-30(46)50-33(4,5)6)13-16-40(15-12-20-11-10-14-41(20)31(47)51-34(7,8)9)17-22-24(43)25(44)28(48-22)42-19-38-23-26(35)36-18-37-27(23)42/h18-22,24-25,28,43-44H,10-17H2,1-9H3,(H,39,46)(H2,35,36,37)/t20?,21?,22-,24-,25-,28-/m1/s1. The summed E-state index contributed by atoms with van der Waals surface area (Å²) >= 11 is 0. The molecule has 2 aromatic rings. The molecular weight excluding hydrogens is 664 g/mol. The number of nitrogens with two attached hydrogens (primary N) is 1. The lowest BCUT2D eigenvalue weighted by molar-refractivity contribution is -0.157. The zero-order valence-corrected chi connectivity index (χ0v) is 31.3. The van der Waals surface area contributed by atoms with Crippen molar-refractivity contribution in [2.24, 2.45) is 0 Å². The molecule has 2 unspecified atom stereocenters. The number of alkyl carbamates (subject to hydrolysis) is 1. The van der Waals surface area contributed by atoms with Gasteiger partial charge in [-0.05, 0) is 88.0 Å². The maximum absolute atomic E-state index is 13.3. The van der Waals surface area contributed by atoms with Gasteiger partial charge in [-0.2, -0.15) is 0 Å². The number of amides is 2. The Balaban J connectivity index is 1.54. The van der Waals surface area contributed by atoms with E-state index in [9.17, 15) is 24.6 Å². The molecule has 51 heavy (non-hydrogen) atoms. The van der Waals surface area contributed by atoms with E-state index in [1.807, 2.05) is 25.7 Å². The molecule has 17 heteroatoms. The van der Waals surface area contributed by atoms with E-state index in [1.54, 1.807) is 46.4 Å². The second kappa shape index (κ2) is 15.8. The van der Waals surface area contributed by atoms with Crippen LogP contribution in [0, 0.1) is 0 Å². The maximum Gasteiger partial charge on any atom is 0.410 e. The molecule has 2 aliphatic rings. The van der Waals surface area contributed by atoms with Gasteiger partial charge in [0, 0.05) is 32.2 Å². The molecular formula is C34H56N8O9. The Kier molecular flexibility index (Phi) is 12.4. The number of ether oxygens (including phenoxy) is 4. The number of carbonyl (C=O) groups is 3. The minimum absolute atomic E-state index is 0.0981. The topological polar surface area (TPSA) is 217 Å². The third-order valence-corrected chi connectivity index (χ3v) is 8.34. The van der Waals surface area contributed by atoms with Crippen LogP contribution in [0.5, 0.6) is 0 Å². The van der Waals surface area contributed by atoms with Gasteiger partial charge in [0.15, 0.2) is 17.7 Å². The Morgan fingerprint density at radius 2 is 1.65 bits per heavy atom. The Bertz CT molecular complexity index is 1520. The van der Waals surface area contributed by atoms with E-state index in [0.717, 1.165) is 12.8 Å². The molecule has 0 saturated carbocycles. The van der Waals surface area contributed by atoms with Crippen molar-refractivity contribution < 1.29 is 43.5 Å². The molecule has 17 nitrogen and oxygen atoms in total. The lowest BCUT2D eigenvalue weighted by atomic mass is 10.1. The molecule has 286 valence electrons. The van der Waals surface area contributed by atoms with E-state index in [4.69, 9.17) is 24.7 Å². The van der Waals surface area contributed by atoms with Gasteiger partial charge in [-0.15, -0.1) is 0 Å². The highest BCUT2D eigenvalue weighted by molar-refractivity contribution is 5.82. The number of likely N-dealkylation sites (tertiary alicyclic amines) is 1. The van der Waals surface area contributed by atoms with Crippen molar-refractivity contribution in [3.05, 3.63) is 12.7 Å². The third-order valence-electron chi connectivity index (χ3n) is 8.34. The highest BCUT2D eigenvalue weighted by Gasteiger charge is 2.45. The van der Waals surface area contributed by atoms with Crippen LogP contribution in [0.15, 0.2) is 12.7 Å². The first-order chi connectivity index (χ1) is 23.6. The summed E-state index contributed by atoms with van der Waals surface area (Å²) in [7, 11) is 0. The van der Waals surface area contributed by atoms with Gasteiger partial charge in [0.2, 0.25) is 0 Å². The summed E-state index contributed by atoms with van der Waals surface area (Å²) in [5.74, 6) is -0.456. The molecule has 5 N–H and O–H groups in total. The number of hydrogen-bond donors (Lipinski definition) is 4. The van der Waals surface area contributed by atoms with Gasteiger partial charge in [-0.25, -0.2) is 29.3 Å². The molecule has 0 aromatic carbocycles. The van der Waals surface area contributed by atoms with Crippen LogP contribution in [0.2, 0.25) is 0 Å². The molecule has 4 rings (SSSR count). The molecule has 4 heterocycles. The lowest BCUT2D eigenvalue weighted by Crippen LogP contribution is -2.49. The van der Waals surface area contributed by atoms with Gasteiger partial charge in [0.25, 0.3) is 0 Å². The van der Waals surface area contributed by atoms with Crippen LogP contribution in [0.25, 0.3) is 11.2 Å². The SMILES string of the molecule is CC(C)(C)OC(=O)NC(CCN(CCC1CCCN1C(=O)OC(C)(C)C)C[C@H]1O[C@@H](n2cnc3c(N)ncnc32)[C@H](O)[C@@H]1O)C(=O)OC(C)(C)C. The fraction of sp³-hybridized carbons (Fsp3) is 0.765. The summed E-state index contributed by atoms with van der Waals surface area (Å²) in [5, 5.41) is 25.0. The third kappa shape index (κ3) is 11.1. The van der Waals surface area contributed by atoms with Gasteiger partial charge in [0.1, 0.15) is 53.0 Å². The monoisotopic (exact) mass is 720 g/mol. The summed E-state index contributed by atoms with van der Waals surface area (Å²) < 4.78 is 24.5. The quantitative estimate of drug-likeness (QED) is 0.194. The Morgan fingerprint density at radius 3 is 2.29 bits per heavy atom. The second-order valence-corrected chi connectivity index (χ2v) is 16.2. The molecule has 2 saturated heterocycles. The number of nitrogens with zero attached hydrogens (tertiary/aromatic N) is 6. The number of anilines is 1. The first-order valence-corrected chi connectivity index (χ1v) is 17.5. The first-order valence-electron chi connectivity index (χ1n) is 17.5. The summed E-state index contributed by atoms with van der Waals surface area (Å²) in [4.78, 5) is 55.3. The summed E-state index contributed by atoms with van der Waals surface area (Å²) in [6.07, 6.45) is -0.630. The highest BCUT2D eigenvalue weighted by atomic mass is 16.6. The molecule has 0 radical (unpaired) electrons. The van der Waals surface area contributed by atoms with Gasteiger partial charge in [-0.1, -0.05) is 0 Å². The lowest BCUT2D eigenvalue weighted by Gasteiger charge is -2.32. The number of rotatable bonds is 11. The molecule has 2 fully saturated rings. The van der Waals surface area contributed by atoms with E-state index in [0.29, 0.717) is 30.7 Å². The number of carbonyl (C=O) groups excluding carboxylic acids is 3. The van der Waals surface area contributed by atoms with Crippen molar-refractivity contribution >= 4 is 35.1 Å².